The first-order valence-electron chi connectivity index (χ1n) is 5.32. The number of ether oxygens (including phenoxy) is 2. The second-order valence-corrected chi connectivity index (χ2v) is 3.38. The predicted octanol–water partition coefficient (Wildman–Crippen LogP) is -0.443. The highest BCUT2D eigenvalue weighted by Crippen LogP contribution is 1.97. The molecular formula is C10H19NO6. The third-order valence-corrected chi connectivity index (χ3v) is 2.01. The van der Waals surface area contributed by atoms with E-state index in [0.29, 0.717) is 26.4 Å². The topological polar surface area (TPSA) is 105 Å². The quantitative estimate of drug-likeness (QED) is 0.426. The van der Waals surface area contributed by atoms with Crippen LogP contribution in [0.15, 0.2) is 0 Å². The Bertz CT molecular complexity index is 233. The Balaban J connectivity index is 3.63. The summed E-state index contributed by atoms with van der Waals surface area (Å²) >= 11 is 0. The van der Waals surface area contributed by atoms with Crippen LogP contribution in [-0.4, -0.2) is 61.7 Å². The van der Waals surface area contributed by atoms with Gasteiger partial charge in [0.1, 0.15) is 6.04 Å². The van der Waals surface area contributed by atoms with Gasteiger partial charge in [0.15, 0.2) is 0 Å². The van der Waals surface area contributed by atoms with Gasteiger partial charge in [-0.1, -0.05) is 0 Å². The molecule has 100 valence electrons. The third-order valence-electron chi connectivity index (χ3n) is 2.01. The van der Waals surface area contributed by atoms with Gasteiger partial charge in [-0.05, 0) is 6.42 Å². The van der Waals surface area contributed by atoms with E-state index in [1.54, 1.807) is 7.11 Å². The highest BCUT2D eigenvalue weighted by atomic mass is 16.5. The average molecular weight is 249 g/mol. The molecule has 0 aliphatic rings. The van der Waals surface area contributed by atoms with Crippen molar-refractivity contribution in [2.24, 2.45) is 0 Å². The van der Waals surface area contributed by atoms with Crippen LogP contribution in [-0.2, 0) is 19.1 Å². The summed E-state index contributed by atoms with van der Waals surface area (Å²) in [5, 5.41) is 20.0. The van der Waals surface area contributed by atoms with Gasteiger partial charge >= 0.3 is 11.9 Å². The first-order chi connectivity index (χ1) is 8.07. The molecule has 17 heavy (non-hydrogen) atoms. The molecule has 0 aromatic rings. The number of rotatable bonds is 11. The standard InChI is InChI=1S/C10H19NO6/c1-16-6-7-17-5-4-11-8(10(14)15)2-3-9(12)13/h8,11H,2-7H2,1H3,(H,12,13)(H,14,15)/t8-/m0/s1. The molecule has 0 rings (SSSR count). The molecule has 0 aromatic carbocycles. The Hall–Kier alpha value is -1.18. The smallest absolute Gasteiger partial charge is 0.320 e. The largest absolute Gasteiger partial charge is 0.481 e. The zero-order valence-electron chi connectivity index (χ0n) is 9.85. The second-order valence-electron chi connectivity index (χ2n) is 3.38. The van der Waals surface area contributed by atoms with Gasteiger partial charge in [0.2, 0.25) is 0 Å². The fraction of sp³-hybridized carbons (Fsp3) is 0.800. The van der Waals surface area contributed by atoms with Crippen LogP contribution in [0, 0.1) is 0 Å². The van der Waals surface area contributed by atoms with E-state index in [0.717, 1.165) is 0 Å². The lowest BCUT2D eigenvalue weighted by atomic mass is 10.1. The lowest BCUT2D eigenvalue weighted by Crippen LogP contribution is -2.39. The molecule has 0 aliphatic carbocycles. The molecule has 0 aliphatic heterocycles. The molecule has 0 saturated heterocycles. The van der Waals surface area contributed by atoms with Gasteiger partial charge in [0, 0.05) is 20.1 Å². The van der Waals surface area contributed by atoms with E-state index in [2.05, 4.69) is 5.32 Å². The molecule has 0 heterocycles. The number of carbonyl (C=O) groups is 2. The van der Waals surface area contributed by atoms with E-state index in [9.17, 15) is 9.59 Å². The molecule has 0 amide bonds. The molecule has 1 atom stereocenters. The average Bonchev–Trinajstić information content (AvgIpc) is 2.26. The zero-order chi connectivity index (χ0) is 13.1. The molecule has 0 spiro atoms. The molecule has 7 heteroatoms. The van der Waals surface area contributed by atoms with Gasteiger partial charge in [-0.3, -0.25) is 9.59 Å². The fourth-order valence-corrected chi connectivity index (χ4v) is 1.13. The molecule has 0 saturated carbocycles. The van der Waals surface area contributed by atoms with Crippen molar-refractivity contribution in [1.82, 2.24) is 5.32 Å². The Morgan fingerprint density at radius 3 is 2.47 bits per heavy atom. The number of carboxylic acid groups (broad SMARTS) is 2. The van der Waals surface area contributed by atoms with Crippen molar-refractivity contribution in [3.05, 3.63) is 0 Å². The van der Waals surface area contributed by atoms with Gasteiger partial charge in [-0.15, -0.1) is 0 Å². The molecule has 0 unspecified atom stereocenters. The minimum atomic E-state index is -1.05. The maximum Gasteiger partial charge on any atom is 0.320 e. The van der Waals surface area contributed by atoms with Crippen molar-refractivity contribution in [2.45, 2.75) is 18.9 Å². The minimum Gasteiger partial charge on any atom is -0.481 e. The van der Waals surface area contributed by atoms with Gasteiger partial charge < -0.3 is 25.0 Å². The van der Waals surface area contributed by atoms with Gasteiger partial charge in [0.05, 0.1) is 19.8 Å². The molecule has 0 radical (unpaired) electrons. The van der Waals surface area contributed by atoms with Crippen molar-refractivity contribution in [2.75, 3.05) is 33.5 Å². The normalized spacial score (nSPS) is 12.3. The summed E-state index contributed by atoms with van der Waals surface area (Å²) in [6.45, 7) is 1.66. The predicted molar refractivity (Wildman–Crippen MR) is 59.0 cm³/mol. The van der Waals surface area contributed by atoms with Gasteiger partial charge in [0.25, 0.3) is 0 Å². The Morgan fingerprint density at radius 1 is 1.24 bits per heavy atom. The number of methoxy groups -OCH3 is 1. The molecule has 0 aromatic heterocycles. The summed E-state index contributed by atoms with van der Waals surface area (Å²) in [5.41, 5.74) is 0. The van der Waals surface area contributed by atoms with Crippen molar-refractivity contribution < 1.29 is 29.3 Å². The number of hydrogen-bond acceptors (Lipinski definition) is 5. The summed E-state index contributed by atoms with van der Waals surface area (Å²) in [6, 6.07) is -0.850. The van der Waals surface area contributed by atoms with E-state index in [4.69, 9.17) is 19.7 Å². The van der Waals surface area contributed by atoms with Crippen LogP contribution in [0.25, 0.3) is 0 Å². The van der Waals surface area contributed by atoms with E-state index < -0.39 is 18.0 Å². The highest BCUT2D eigenvalue weighted by Gasteiger charge is 2.17. The molecule has 3 N–H and O–H groups in total. The van der Waals surface area contributed by atoms with E-state index in [-0.39, 0.29) is 12.8 Å². The Morgan fingerprint density at radius 2 is 1.94 bits per heavy atom. The maximum atomic E-state index is 10.8. The van der Waals surface area contributed by atoms with Crippen molar-refractivity contribution >= 4 is 11.9 Å². The zero-order valence-corrected chi connectivity index (χ0v) is 9.85. The van der Waals surface area contributed by atoms with E-state index >= 15 is 0 Å². The van der Waals surface area contributed by atoms with Gasteiger partial charge in [-0.25, -0.2) is 0 Å². The van der Waals surface area contributed by atoms with Crippen molar-refractivity contribution in [1.29, 1.82) is 0 Å². The van der Waals surface area contributed by atoms with E-state index in [1.807, 2.05) is 0 Å². The minimum absolute atomic E-state index is 0.0583. The summed E-state index contributed by atoms with van der Waals surface area (Å²) in [5.74, 6) is -2.06. The van der Waals surface area contributed by atoms with Crippen molar-refractivity contribution in [3.8, 4) is 0 Å². The molecule has 0 bridgehead atoms. The number of nitrogens with one attached hydrogen (secondary N) is 1. The lowest BCUT2D eigenvalue weighted by molar-refractivity contribution is -0.140. The molecule has 0 fully saturated rings. The van der Waals surface area contributed by atoms with Crippen LogP contribution >= 0.6 is 0 Å². The highest BCUT2D eigenvalue weighted by molar-refractivity contribution is 5.75. The fourth-order valence-electron chi connectivity index (χ4n) is 1.13. The lowest BCUT2D eigenvalue weighted by Gasteiger charge is -2.13. The molecular weight excluding hydrogens is 230 g/mol. The third kappa shape index (κ3) is 9.73. The second kappa shape index (κ2) is 10.0. The summed E-state index contributed by atoms with van der Waals surface area (Å²) in [7, 11) is 1.56. The first-order valence-corrected chi connectivity index (χ1v) is 5.32. The van der Waals surface area contributed by atoms with Gasteiger partial charge in [-0.2, -0.15) is 0 Å². The van der Waals surface area contributed by atoms with E-state index in [1.165, 1.54) is 0 Å². The van der Waals surface area contributed by atoms with Crippen LogP contribution < -0.4 is 5.32 Å². The maximum absolute atomic E-state index is 10.8. The van der Waals surface area contributed by atoms with Crippen LogP contribution in [0.4, 0.5) is 0 Å². The summed E-state index contributed by atoms with van der Waals surface area (Å²) in [4.78, 5) is 21.1. The van der Waals surface area contributed by atoms with Crippen LogP contribution in [0.1, 0.15) is 12.8 Å². The Kier molecular flexibility index (Phi) is 9.31. The van der Waals surface area contributed by atoms with Crippen LogP contribution in [0.2, 0.25) is 0 Å². The van der Waals surface area contributed by atoms with Crippen LogP contribution in [0.5, 0.6) is 0 Å². The Labute approximate surface area is 99.7 Å². The number of carboxylic acids is 2. The van der Waals surface area contributed by atoms with Crippen LogP contribution in [0.3, 0.4) is 0 Å². The summed E-state index contributed by atoms with van der Waals surface area (Å²) < 4.78 is 9.90. The SMILES string of the molecule is COCCOCCN[C@@H](CCC(=O)O)C(=O)O. The van der Waals surface area contributed by atoms with Crippen molar-refractivity contribution in [3.63, 3.8) is 0 Å². The molecule has 7 nitrogen and oxygen atoms in total. The summed E-state index contributed by atoms with van der Waals surface area (Å²) in [6.07, 6.45) is -0.114. The monoisotopic (exact) mass is 249 g/mol. The first kappa shape index (κ1) is 15.8. The number of hydrogen-bond donors (Lipinski definition) is 3. The number of aliphatic carboxylic acids is 2.